The van der Waals surface area contributed by atoms with Crippen LogP contribution in [0.5, 0.6) is 0 Å². The zero-order chi connectivity index (χ0) is 11.0. The highest BCUT2D eigenvalue weighted by atomic mass is 35.5. The lowest BCUT2D eigenvalue weighted by Crippen LogP contribution is -2.27. The first kappa shape index (κ1) is 10.6. The molecule has 0 radical (unpaired) electrons. The van der Waals surface area contributed by atoms with E-state index in [0.29, 0.717) is 6.04 Å². The topological polar surface area (TPSA) is 3.24 Å². The summed E-state index contributed by atoms with van der Waals surface area (Å²) in [5.41, 5.74) is 1.47. The normalized spacial score (nSPS) is 23.6. The smallest absolute Gasteiger partial charge is 0.0406 e. The third kappa shape index (κ3) is 2.11. The Morgan fingerprint density at radius 1 is 1.06 bits per heavy atom. The standard InChI is InChI=1S/C14H18ClN/c15-13-7-5-12(6-8-13)14(11-3-4-11)16-9-1-2-10-16/h5-8,11,14H,1-4,9-10H2. The summed E-state index contributed by atoms with van der Waals surface area (Å²) in [6.45, 7) is 2.56. The molecule has 2 fully saturated rings. The molecule has 1 aliphatic heterocycles. The fourth-order valence-electron chi connectivity index (χ4n) is 2.87. The van der Waals surface area contributed by atoms with Gasteiger partial charge in [-0.2, -0.15) is 0 Å². The van der Waals surface area contributed by atoms with Crippen LogP contribution in [-0.4, -0.2) is 18.0 Å². The van der Waals surface area contributed by atoms with E-state index in [2.05, 4.69) is 17.0 Å². The largest absolute Gasteiger partial charge is 0.296 e. The zero-order valence-corrected chi connectivity index (χ0v) is 10.3. The van der Waals surface area contributed by atoms with Crippen molar-refractivity contribution in [2.45, 2.75) is 31.7 Å². The summed E-state index contributed by atoms with van der Waals surface area (Å²) >= 11 is 5.96. The second kappa shape index (κ2) is 4.38. The zero-order valence-electron chi connectivity index (χ0n) is 9.53. The quantitative estimate of drug-likeness (QED) is 0.769. The van der Waals surface area contributed by atoms with Crippen molar-refractivity contribution in [2.75, 3.05) is 13.1 Å². The Labute approximate surface area is 102 Å². The number of nitrogens with zero attached hydrogens (tertiary/aromatic N) is 1. The first-order valence-electron chi connectivity index (χ1n) is 6.34. The molecule has 0 bridgehead atoms. The van der Waals surface area contributed by atoms with Crippen molar-refractivity contribution < 1.29 is 0 Å². The van der Waals surface area contributed by atoms with E-state index in [0.717, 1.165) is 10.9 Å². The van der Waals surface area contributed by atoms with E-state index >= 15 is 0 Å². The van der Waals surface area contributed by atoms with Crippen molar-refractivity contribution in [1.29, 1.82) is 0 Å². The molecule has 1 atom stereocenters. The summed E-state index contributed by atoms with van der Waals surface area (Å²) in [4.78, 5) is 2.67. The molecule has 16 heavy (non-hydrogen) atoms. The van der Waals surface area contributed by atoms with Crippen molar-refractivity contribution in [3.63, 3.8) is 0 Å². The lowest BCUT2D eigenvalue weighted by molar-refractivity contribution is 0.221. The number of likely N-dealkylation sites (tertiary alicyclic amines) is 1. The van der Waals surface area contributed by atoms with Gasteiger partial charge in [-0.05, 0) is 62.4 Å². The van der Waals surface area contributed by atoms with Gasteiger partial charge in [0.1, 0.15) is 0 Å². The molecule has 0 amide bonds. The van der Waals surface area contributed by atoms with Crippen molar-refractivity contribution in [3.05, 3.63) is 34.9 Å². The lowest BCUT2D eigenvalue weighted by atomic mass is 10.0. The average Bonchev–Trinajstić information content (AvgIpc) is 2.97. The van der Waals surface area contributed by atoms with Gasteiger partial charge < -0.3 is 0 Å². The van der Waals surface area contributed by atoms with Crippen LogP contribution >= 0.6 is 11.6 Å². The van der Waals surface area contributed by atoms with Crippen molar-refractivity contribution in [2.24, 2.45) is 5.92 Å². The lowest BCUT2D eigenvalue weighted by Gasteiger charge is -2.28. The fraction of sp³-hybridized carbons (Fsp3) is 0.571. The number of hydrogen-bond acceptors (Lipinski definition) is 1. The molecule has 2 aliphatic rings. The van der Waals surface area contributed by atoms with Gasteiger partial charge in [0.15, 0.2) is 0 Å². The highest BCUT2D eigenvalue weighted by Crippen LogP contribution is 2.45. The summed E-state index contributed by atoms with van der Waals surface area (Å²) in [5, 5.41) is 0.847. The second-order valence-corrected chi connectivity index (χ2v) is 5.51. The van der Waals surface area contributed by atoms with Crippen LogP contribution in [0.2, 0.25) is 5.02 Å². The molecule has 1 unspecified atom stereocenters. The van der Waals surface area contributed by atoms with E-state index in [-0.39, 0.29) is 0 Å². The molecule has 0 aromatic heterocycles. The molecule has 0 spiro atoms. The van der Waals surface area contributed by atoms with E-state index in [1.54, 1.807) is 0 Å². The summed E-state index contributed by atoms with van der Waals surface area (Å²) in [7, 11) is 0. The molecule has 1 aliphatic carbocycles. The molecule has 3 rings (SSSR count). The maximum Gasteiger partial charge on any atom is 0.0406 e. The minimum absolute atomic E-state index is 0.666. The van der Waals surface area contributed by atoms with E-state index in [9.17, 15) is 0 Å². The maximum absolute atomic E-state index is 5.96. The third-order valence-electron chi connectivity index (χ3n) is 3.81. The van der Waals surface area contributed by atoms with Gasteiger partial charge in [0.2, 0.25) is 0 Å². The molecule has 1 aromatic rings. The van der Waals surface area contributed by atoms with Crippen LogP contribution in [0, 0.1) is 5.92 Å². The Bertz CT molecular complexity index is 350. The summed E-state index contributed by atoms with van der Waals surface area (Å²) in [5.74, 6) is 0.902. The van der Waals surface area contributed by atoms with Gasteiger partial charge in [-0.1, -0.05) is 23.7 Å². The minimum Gasteiger partial charge on any atom is -0.296 e. The van der Waals surface area contributed by atoms with E-state index in [1.165, 1.54) is 44.3 Å². The van der Waals surface area contributed by atoms with Crippen LogP contribution in [0.1, 0.15) is 37.3 Å². The van der Waals surface area contributed by atoms with Crippen LogP contribution in [0.15, 0.2) is 24.3 Å². The van der Waals surface area contributed by atoms with E-state index in [4.69, 9.17) is 11.6 Å². The Morgan fingerprint density at radius 3 is 2.25 bits per heavy atom. The van der Waals surface area contributed by atoms with Crippen molar-refractivity contribution in [1.82, 2.24) is 4.90 Å². The molecule has 1 aromatic carbocycles. The number of rotatable bonds is 3. The summed E-state index contributed by atoms with van der Waals surface area (Å²) in [6, 6.07) is 9.15. The van der Waals surface area contributed by atoms with Gasteiger partial charge in [-0.15, -0.1) is 0 Å². The highest BCUT2D eigenvalue weighted by molar-refractivity contribution is 6.30. The summed E-state index contributed by atoms with van der Waals surface area (Å²) in [6.07, 6.45) is 5.56. The number of benzene rings is 1. The first-order valence-corrected chi connectivity index (χ1v) is 6.72. The molecular formula is C14H18ClN. The molecule has 1 saturated carbocycles. The van der Waals surface area contributed by atoms with E-state index < -0.39 is 0 Å². The van der Waals surface area contributed by atoms with Crippen molar-refractivity contribution in [3.8, 4) is 0 Å². The Morgan fingerprint density at radius 2 is 1.69 bits per heavy atom. The monoisotopic (exact) mass is 235 g/mol. The second-order valence-electron chi connectivity index (χ2n) is 5.08. The Hall–Kier alpha value is -0.530. The number of hydrogen-bond donors (Lipinski definition) is 0. The molecule has 1 nitrogen and oxygen atoms in total. The highest BCUT2D eigenvalue weighted by Gasteiger charge is 2.36. The molecule has 1 saturated heterocycles. The van der Waals surface area contributed by atoms with Gasteiger partial charge in [0.05, 0.1) is 0 Å². The SMILES string of the molecule is Clc1ccc(C(C2CC2)N2CCCC2)cc1. The molecule has 2 heteroatoms. The van der Waals surface area contributed by atoms with Gasteiger partial charge >= 0.3 is 0 Å². The Balaban J connectivity index is 1.84. The van der Waals surface area contributed by atoms with Gasteiger partial charge in [0.25, 0.3) is 0 Å². The molecule has 1 heterocycles. The molecule has 86 valence electrons. The van der Waals surface area contributed by atoms with Gasteiger partial charge in [-0.3, -0.25) is 4.90 Å². The van der Waals surface area contributed by atoms with Crippen LogP contribution in [0.4, 0.5) is 0 Å². The van der Waals surface area contributed by atoms with Crippen molar-refractivity contribution >= 4 is 11.6 Å². The first-order chi connectivity index (χ1) is 7.84. The average molecular weight is 236 g/mol. The van der Waals surface area contributed by atoms with Crippen LogP contribution in [-0.2, 0) is 0 Å². The predicted octanol–water partition coefficient (Wildman–Crippen LogP) is 3.89. The van der Waals surface area contributed by atoms with Gasteiger partial charge in [0, 0.05) is 11.1 Å². The molecular weight excluding hydrogens is 218 g/mol. The number of halogens is 1. The van der Waals surface area contributed by atoms with Crippen LogP contribution < -0.4 is 0 Å². The molecule has 0 N–H and O–H groups in total. The predicted molar refractivity (Wildman–Crippen MR) is 67.7 cm³/mol. The fourth-order valence-corrected chi connectivity index (χ4v) is 3.00. The van der Waals surface area contributed by atoms with Crippen LogP contribution in [0.25, 0.3) is 0 Å². The van der Waals surface area contributed by atoms with Gasteiger partial charge in [-0.25, -0.2) is 0 Å². The maximum atomic E-state index is 5.96. The summed E-state index contributed by atoms with van der Waals surface area (Å²) < 4.78 is 0. The Kier molecular flexibility index (Phi) is 2.91. The van der Waals surface area contributed by atoms with E-state index in [1.807, 2.05) is 12.1 Å². The van der Waals surface area contributed by atoms with Crippen LogP contribution in [0.3, 0.4) is 0 Å². The minimum atomic E-state index is 0.666. The third-order valence-corrected chi connectivity index (χ3v) is 4.07.